The molecule has 0 fully saturated rings. The highest BCUT2D eigenvalue weighted by Crippen LogP contribution is 2.16. The van der Waals surface area contributed by atoms with Crippen molar-refractivity contribution in [1.82, 2.24) is 9.88 Å². The lowest BCUT2D eigenvalue weighted by Gasteiger charge is -2.06. The van der Waals surface area contributed by atoms with E-state index in [1.165, 1.54) is 0 Å². The van der Waals surface area contributed by atoms with E-state index in [4.69, 9.17) is 0 Å². The molecule has 13 heavy (non-hydrogen) atoms. The highest BCUT2D eigenvalue weighted by Gasteiger charge is 2.06. The summed E-state index contributed by atoms with van der Waals surface area (Å²) in [5.41, 5.74) is 0.791. The van der Waals surface area contributed by atoms with E-state index in [0.29, 0.717) is 0 Å². The fourth-order valence-corrected chi connectivity index (χ4v) is 1.82. The number of aliphatic hydroxyl groups is 1. The molecule has 1 N–H and O–H groups in total. The number of thiazole rings is 1. The summed E-state index contributed by atoms with van der Waals surface area (Å²) >= 11 is 1.62. The molecule has 0 aliphatic rings. The van der Waals surface area contributed by atoms with Gasteiger partial charge >= 0.3 is 0 Å². The second kappa shape index (κ2) is 4.69. The first-order chi connectivity index (χ1) is 6.09. The minimum atomic E-state index is -0.440. The maximum absolute atomic E-state index is 9.25. The first-order valence-corrected chi connectivity index (χ1v) is 5.24. The van der Waals surface area contributed by atoms with Crippen LogP contribution < -0.4 is 0 Å². The average molecular weight is 200 g/mol. The zero-order chi connectivity index (χ0) is 9.84. The molecule has 4 heteroatoms. The molecule has 0 bridgehead atoms. The third-order valence-corrected chi connectivity index (χ3v) is 2.70. The normalized spacial score (nSPS) is 13.6. The summed E-state index contributed by atoms with van der Waals surface area (Å²) in [6, 6.07) is 0. The molecule has 0 saturated carbocycles. The largest absolute Gasteiger partial charge is 0.387 e. The van der Waals surface area contributed by atoms with E-state index in [-0.39, 0.29) is 0 Å². The molecule has 0 aromatic carbocycles. The topological polar surface area (TPSA) is 36.4 Å². The Balaban J connectivity index is 2.49. The molecule has 1 unspecified atom stereocenters. The molecule has 0 saturated heterocycles. The van der Waals surface area contributed by atoms with Gasteiger partial charge in [0.15, 0.2) is 0 Å². The van der Waals surface area contributed by atoms with Gasteiger partial charge in [0.1, 0.15) is 0 Å². The van der Waals surface area contributed by atoms with Gasteiger partial charge in [-0.1, -0.05) is 0 Å². The lowest BCUT2D eigenvalue weighted by molar-refractivity contribution is 0.195. The number of rotatable bonds is 4. The highest BCUT2D eigenvalue weighted by atomic mass is 32.1. The van der Waals surface area contributed by atoms with Crippen molar-refractivity contribution >= 4 is 11.3 Å². The maximum Gasteiger partial charge on any atom is 0.0942 e. The summed E-state index contributed by atoms with van der Waals surface area (Å²) in [7, 11) is 4.09. The average Bonchev–Trinajstić information content (AvgIpc) is 2.48. The van der Waals surface area contributed by atoms with Crippen molar-refractivity contribution in [3.05, 3.63) is 16.1 Å². The van der Waals surface area contributed by atoms with Gasteiger partial charge < -0.3 is 10.0 Å². The standard InChI is InChI=1S/C9H16N2OS/c1-7(12)8-6-13-9(10-8)4-5-11(2)3/h6-7,12H,4-5H2,1-3H3. The van der Waals surface area contributed by atoms with Crippen LogP contribution in [0.15, 0.2) is 5.38 Å². The van der Waals surface area contributed by atoms with Gasteiger partial charge in [0, 0.05) is 18.3 Å². The van der Waals surface area contributed by atoms with E-state index in [1.54, 1.807) is 18.3 Å². The molecular formula is C9H16N2OS. The monoisotopic (exact) mass is 200 g/mol. The van der Waals surface area contributed by atoms with E-state index in [9.17, 15) is 5.11 Å². The predicted octanol–water partition coefficient (Wildman–Crippen LogP) is 1.30. The van der Waals surface area contributed by atoms with Crippen LogP contribution in [0, 0.1) is 0 Å². The van der Waals surface area contributed by atoms with Gasteiger partial charge in [-0.05, 0) is 21.0 Å². The van der Waals surface area contributed by atoms with Crippen LogP contribution in [-0.4, -0.2) is 35.6 Å². The van der Waals surface area contributed by atoms with Gasteiger partial charge in [-0.2, -0.15) is 0 Å². The number of hydrogen-bond acceptors (Lipinski definition) is 4. The number of aromatic nitrogens is 1. The first kappa shape index (κ1) is 10.6. The van der Waals surface area contributed by atoms with Crippen LogP contribution in [-0.2, 0) is 6.42 Å². The molecule has 3 nitrogen and oxygen atoms in total. The van der Waals surface area contributed by atoms with Crippen LogP contribution in [0.4, 0.5) is 0 Å². The molecule has 1 rings (SSSR count). The van der Waals surface area contributed by atoms with E-state index >= 15 is 0 Å². The summed E-state index contributed by atoms with van der Waals surface area (Å²) in [6.45, 7) is 2.75. The van der Waals surface area contributed by atoms with Crippen molar-refractivity contribution in [2.75, 3.05) is 20.6 Å². The fourth-order valence-electron chi connectivity index (χ4n) is 0.951. The molecule has 0 spiro atoms. The van der Waals surface area contributed by atoms with E-state index in [0.717, 1.165) is 23.7 Å². The Kier molecular flexibility index (Phi) is 3.84. The SMILES string of the molecule is CC(O)c1csc(CCN(C)C)n1. The predicted molar refractivity (Wildman–Crippen MR) is 55.0 cm³/mol. The minimum absolute atomic E-state index is 0.440. The number of aliphatic hydroxyl groups excluding tert-OH is 1. The van der Waals surface area contributed by atoms with E-state index < -0.39 is 6.10 Å². The van der Waals surface area contributed by atoms with Crippen molar-refractivity contribution < 1.29 is 5.11 Å². The Hall–Kier alpha value is -0.450. The van der Waals surface area contributed by atoms with Gasteiger partial charge in [-0.15, -0.1) is 11.3 Å². The van der Waals surface area contributed by atoms with Gasteiger partial charge in [-0.25, -0.2) is 4.98 Å². The molecule has 0 amide bonds. The highest BCUT2D eigenvalue weighted by molar-refractivity contribution is 7.09. The Bertz CT molecular complexity index is 258. The molecule has 1 heterocycles. The van der Waals surface area contributed by atoms with Crippen LogP contribution in [0.3, 0.4) is 0 Å². The van der Waals surface area contributed by atoms with E-state index in [2.05, 4.69) is 9.88 Å². The van der Waals surface area contributed by atoms with E-state index in [1.807, 2.05) is 19.5 Å². The van der Waals surface area contributed by atoms with Gasteiger partial charge in [0.2, 0.25) is 0 Å². The Labute approximate surface area is 83.0 Å². The van der Waals surface area contributed by atoms with Crippen LogP contribution >= 0.6 is 11.3 Å². The molecule has 0 aliphatic heterocycles. The van der Waals surface area contributed by atoms with Crippen molar-refractivity contribution in [1.29, 1.82) is 0 Å². The minimum Gasteiger partial charge on any atom is -0.387 e. The molecule has 74 valence electrons. The number of hydrogen-bond donors (Lipinski definition) is 1. The molecule has 1 atom stereocenters. The Morgan fingerprint density at radius 3 is 2.77 bits per heavy atom. The van der Waals surface area contributed by atoms with Crippen LogP contribution in [0.1, 0.15) is 23.7 Å². The number of nitrogens with zero attached hydrogens (tertiary/aromatic N) is 2. The fraction of sp³-hybridized carbons (Fsp3) is 0.667. The molecular weight excluding hydrogens is 184 g/mol. The van der Waals surface area contributed by atoms with Crippen molar-refractivity contribution in [3.8, 4) is 0 Å². The summed E-state index contributed by atoms with van der Waals surface area (Å²) in [6.07, 6.45) is 0.522. The summed E-state index contributed by atoms with van der Waals surface area (Å²) in [5, 5.41) is 12.3. The molecule has 0 aliphatic carbocycles. The van der Waals surface area contributed by atoms with Crippen molar-refractivity contribution in [2.45, 2.75) is 19.4 Å². The molecule has 1 aromatic heterocycles. The Morgan fingerprint density at radius 2 is 2.31 bits per heavy atom. The van der Waals surface area contributed by atoms with Gasteiger partial charge in [-0.3, -0.25) is 0 Å². The number of likely N-dealkylation sites (N-methyl/N-ethyl adjacent to an activating group) is 1. The third kappa shape index (κ3) is 3.42. The molecule has 1 aromatic rings. The summed E-state index contributed by atoms with van der Waals surface area (Å²) in [4.78, 5) is 6.45. The van der Waals surface area contributed by atoms with Crippen molar-refractivity contribution in [3.63, 3.8) is 0 Å². The third-order valence-electron chi connectivity index (χ3n) is 1.77. The van der Waals surface area contributed by atoms with Crippen LogP contribution in [0.25, 0.3) is 0 Å². The maximum atomic E-state index is 9.25. The smallest absolute Gasteiger partial charge is 0.0942 e. The van der Waals surface area contributed by atoms with Crippen LogP contribution in [0.5, 0.6) is 0 Å². The lowest BCUT2D eigenvalue weighted by atomic mass is 10.3. The Morgan fingerprint density at radius 1 is 1.62 bits per heavy atom. The quantitative estimate of drug-likeness (QED) is 0.796. The first-order valence-electron chi connectivity index (χ1n) is 4.36. The van der Waals surface area contributed by atoms with Crippen LogP contribution in [0.2, 0.25) is 0 Å². The summed E-state index contributed by atoms with van der Waals surface area (Å²) in [5.74, 6) is 0. The van der Waals surface area contributed by atoms with Gasteiger partial charge in [0.05, 0.1) is 16.8 Å². The second-order valence-electron chi connectivity index (χ2n) is 3.40. The van der Waals surface area contributed by atoms with Gasteiger partial charge in [0.25, 0.3) is 0 Å². The zero-order valence-electron chi connectivity index (χ0n) is 8.32. The van der Waals surface area contributed by atoms with Crippen molar-refractivity contribution in [2.24, 2.45) is 0 Å². The second-order valence-corrected chi connectivity index (χ2v) is 4.34. The lowest BCUT2D eigenvalue weighted by Crippen LogP contribution is -2.14. The summed E-state index contributed by atoms with van der Waals surface area (Å²) < 4.78 is 0. The molecule has 0 radical (unpaired) electrons. The zero-order valence-corrected chi connectivity index (χ0v) is 9.14.